The van der Waals surface area contributed by atoms with Gasteiger partial charge in [0.25, 0.3) is 0 Å². The lowest BCUT2D eigenvalue weighted by Crippen LogP contribution is -2.10. The minimum atomic E-state index is -0.197. The zero-order chi connectivity index (χ0) is 16.6. The molecular weight excluding hydrogens is 316 g/mol. The van der Waals surface area contributed by atoms with E-state index in [1.165, 1.54) is 14.7 Å². The molecule has 2 nitrogen and oxygen atoms in total. The molecule has 122 valence electrons. The van der Waals surface area contributed by atoms with Crippen molar-refractivity contribution in [3.63, 3.8) is 0 Å². The van der Waals surface area contributed by atoms with Gasteiger partial charge in [-0.2, -0.15) is 0 Å². The van der Waals surface area contributed by atoms with E-state index in [1.807, 2.05) is 12.1 Å². The van der Waals surface area contributed by atoms with E-state index in [4.69, 9.17) is 9.47 Å². The smallest absolute Gasteiger partial charge is 0.208 e. The van der Waals surface area contributed by atoms with Crippen LogP contribution in [-0.2, 0) is 15.6 Å². The molecule has 0 aliphatic rings. The molecule has 0 unspecified atom stereocenters. The Kier molecular flexibility index (Phi) is 5.94. The van der Waals surface area contributed by atoms with Gasteiger partial charge in [-0.3, -0.25) is 0 Å². The van der Waals surface area contributed by atoms with Crippen LogP contribution >= 0.6 is 0 Å². The fourth-order valence-electron chi connectivity index (χ4n) is 2.48. The van der Waals surface area contributed by atoms with Crippen molar-refractivity contribution >= 4 is 10.9 Å². The molecule has 0 amide bonds. The molecule has 0 saturated heterocycles. The highest BCUT2D eigenvalue weighted by atomic mass is 32.2. The van der Waals surface area contributed by atoms with Gasteiger partial charge in [-0.25, -0.2) is 0 Å². The predicted molar refractivity (Wildman–Crippen MR) is 98.9 cm³/mol. The summed E-state index contributed by atoms with van der Waals surface area (Å²) in [5.41, 5.74) is 0. The van der Waals surface area contributed by atoms with Crippen LogP contribution in [0.1, 0.15) is 0 Å². The molecule has 24 heavy (non-hydrogen) atoms. The van der Waals surface area contributed by atoms with Crippen LogP contribution in [0.2, 0.25) is 0 Å². The highest BCUT2D eigenvalue weighted by Gasteiger charge is 2.31. The van der Waals surface area contributed by atoms with Gasteiger partial charge in [0.2, 0.25) is 4.90 Å². The summed E-state index contributed by atoms with van der Waals surface area (Å²) in [7, 11) is 1.49. The van der Waals surface area contributed by atoms with Gasteiger partial charge in [-0.15, -0.1) is 0 Å². The molecule has 3 aromatic rings. The van der Waals surface area contributed by atoms with Gasteiger partial charge in [-0.1, -0.05) is 48.5 Å². The van der Waals surface area contributed by atoms with Crippen LogP contribution in [0.3, 0.4) is 0 Å². The maximum atomic E-state index is 5.98. The summed E-state index contributed by atoms with van der Waals surface area (Å²) in [4.78, 5) is 3.77. The Balaban J connectivity index is 2.04. The van der Waals surface area contributed by atoms with Crippen molar-refractivity contribution in [2.75, 3.05) is 20.3 Å². The summed E-state index contributed by atoms with van der Waals surface area (Å²) in [6, 6.07) is 29.5. The van der Waals surface area contributed by atoms with Crippen LogP contribution < -0.4 is 4.74 Å². The third-order valence-electron chi connectivity index (χ3n) is 3.57. The predicted octanol–water partition coefficient (Wildman–Crippen LogP) is 4.81. The molecular formula is C21H21O2S+. The van der Waals surface area contributed by atoms with Crippen molar-refractivity contribution in [3.05, 3.63) is 84.9 Å². The Morgan fingerprint density at radius 3 is 1.79 bits per heavy atom. The standard InChI is InChI=1S/C21H21O2S/c1-22-16-17-23-20-14-8-9-15-21(20)24(18-10-4-2-5-11-18)19-12-6-3-7-13-19/h2-15H,16-17H2,1H3/q+1. The fraction of sp³-hybridized carbons (Fsp3) is 0.143. The minimum absolute atomic E-state index is 0.197. The first-order chi connectivity index (χ1) is 11.9. The molecule has 3 aromatic carbocycles. The summed E-state index contributed by atoms with van der Waals surface area (Å²) in [6.45, 7) is 1.13. The van der Waals surface area contributed by atoms with E-state index in [1.54, 1.807) is 7.11 Å². The van der Waals surface area contributed by atoms with Gasteiger partial charge in [0.05, 0.1) is 6.61 Å². The normalized spacial score (nSPS) is 10.8. The zero-order valence-corrected chi connectivity index (χ0v) is 14.5. The van der Waals surface area contributed by atoms with E-state index in [2.05, 4.69) is 72.8 Å². The summed E-state index contributed by atoms with van der Waals surface area (Å²) in [6.07, 6.45) is 0. The Morgan fingerprint density at radius 1 is 0.667 bits per heavy atom. The third-order valence-corrected chi connectivity index (χ3v) is 5.84. The van der Waals surface area contributed by atoms with Gasteiger partial charge in [0.15, 0.2) is 15.5 Å². The molecule has 0 aromatic heterocycles. The average Bonchev–Trinajstić information content (AvgIpc) is 2.65. The Labute approximate surface area is 146 Å². The molecule has 0 N–H and O–H groups in total. The van der Waals surface area contributed by atoms with E-state index in [0.717, 1.165) is 5.75 Å². The summed E-state index contributed by atoms with van der Waals surface area (Å²) in [5, 5.41) is 0. The Bertz CT molecular complexity index is 705. The zero-order valence-electron chi connectivity index (χ0n) is 13.7. The lowest BCUT2D eigenvalue weighted by atomic mass is 10.3. The van der Waals surface area contributed by atoms with Crippen LogP contribution in [0.15, 0.2) is 99.6 Å². The van der Waals surface area contributed by atoms with E-state index in [-0.39, 0.29) is 10.9 Å². The average molecular weight is 337 g/mol. The second-order valence-electron chi connectivity index (χ2n) is 5.22. The second kappa shape index (κ2) is 8.57. The summed E-state index contributed by atoms with van der Waals surface area (Å²) >= 11 is 0. The van der Waals surface area contributed by atoms with Crippen LogP contribution in [0, 0.1) is 0 Å². The maximum Gasteiger partial charge on any atom is 0.208 e. The highest BCUT2D eigenvalue weighted by Crippen LogP contribution is 2.36. The molecule has 0 fully saturated rings. The van der Waals surface area contributed by atoms with Crippen LogP contribution in [-0.4, -0.2) is 20.3 Å². The van der Waals surface area contributed by atoms with Crippen molar-refractivity contribution in [1.82, 2.24) is 0 Å². The number of rotatable bonds is 7. The summed E-state index contributed by atoms with van der Waals surface area (Å²) < 4.78 is 11.1. The van der Waals surface area contributed by atoms with E-state index in [9.17, 15) is 0 Å². The van der Waals surface area contributed by atoms with Crippen LogP contribution in [0.25, 0.3) is 0 Å². The third kappa shape index (κ3) is 3.99. The van der Waals surface area contributed by atoms with Gasteiger partial charge in [0, 0.05) is 7.11 Å². The van der Waals surface area contributed by atoms with Crippen molar-refractivity contribution in [2.45, 2.75) is 14.7 Å². The van der Waals surface area contributed by atoms with E-state index >= 15 is 0 Å². The number of benzene rings is 3. The number of hydrogen-bond acceptors (Lipinski definition) is 2. The molecule has 3 rings (SSSR count). The molecule has 0 radical (unpaired) electrons. The number of ether oxygens (including phenoxy) is 2. The first-order valence-corrected chi connectivity index (χ1v) is 9.18. The maximum absolute atomic E-state index is 5.98. The largest absolute Gasteiger partial charge is 0.486 e. The van der Waals surface area contributed by atoms with E-state index in [0.29, 0.717) is 13.2 Å². The Hall–Kier alpha value is -2.23. The monoisotopic (exact) mass is 337 g/mol. The van der Waals surface area contributed by atoms with Crippen LogP contribution in [0.4, 0.5) is 0 Å². The molecule has 3 heteroatoms. The molecule has 0 heterocycles. The SMILES string of the molecule is COCCOc1ccccc1[S+](c1ccccc1)c1ccccc1. The topological polar surface area (TPSA) is 18.5 Å². The fourth-order valence-corrected chi connectivity index (χ4v) is 4.66. The Morgan fingerprint density at radius 2 is 1.21 bits per heavy atom. The second-order valence-corrected chi connectivity index (χ2v) is 7.22. The molecule has 0 aliphatic heterocycles. The van der Waals surface area contributed by atoms with Gasteiger partial charge >= 0.3 is 0 Å². The lowest BCUT2D eigenvalue weighted by molar-refractivity contribution is 0.145. The molecule has 0 bridgehead atoms. The van der Waals surface area contributed by atoms with Crippen molar-refractivity contribution in [1.29, 1.82) is 0 Å². The molecule has 0 aliphatic carbocycles. The van der Waals surface area contributed by atoms with Crippen molar-refractivity contribution in [2.24, 2.45) is 0 Å². The van der Waals surface area contributed by atoms with Crippen molar-refractivity contribution < 1.29 is 9.47 Å². The van der Waals surface area contributed by atoms with Gasteiger partial charge in [0.1, 0.15) is 17.5 Å². The summed E-state index contributed by atoms with van der Waals surface area (Å²) in [5.74, 6) is 0.922. The lowest BCUT2D eigenvalue weighted by Gasteiger charge is -2.12. The number of para-hydroxylation sites is 1. The van der Waals surface area contributed by atoms with Gasteiger partial charge in [-0.05, 0) is 36.4 Å². The first kappa shape index (κ1) is 16.6. The minimum Gasteiger partial charge on any atom is -0.486 e. The molecule has 0 atom stereocenters. The number of methoxy groups -OCH3 is 1. The van der Waals surface area contributed by atoms with E-state index < -0.39 is 0 Å². The first-order valence-electron chi connectivity index (χ1n) is 7.95. The molecule has 0 saturated carbocycles. The highest BCUT2D eigenvalue weighted by molar-refractivity contribution is 7.97. The quantitative estimate of drug-likeness (QED) is 0.455. The van der Waals surface area contributed by atoms with Gasteiger partial charge < -0.3 is 9.47 Å². The number of hydrogen-bond donors (Lipinski definition) is 0. The molecule has 0 spiro atoms. The van der Waals surface area contributed by atoms with Crippen molar-refractivity contribution in [3.8, 4) is 5.75 Å². The van der Waals surface area contributed by atoms with Crippen LogP contribution in [0.5, 0.6) is 5.75 Å².